The minimum atomic E-state index is -4.45. The summed E-state index contributed by atoms with van der Waals surface area (Å²) in [6.45, 7) is 3.54. The van der Waals surface area contributed by atoms with E-state index in [9.17, 15) is 31.2 Å². The van der Waals surface area contributed by atoms with Crippen LogP contribution < -0.4 is 5.32 Å². The molecule has 0 bridgehead atoms. The number of halogens is 3. The Bertz CT molecular complexity index is 922. The molecule has 10 heteroatoms. The van der Waals surface area contributed by atoms with Gasteiger partial charge in [-0.25, -0.2) is 8.42 Å². The average Bonchev–Trinajstić information content (AvgIpc) is 2.55. The molecule has 2 fully saturated rings. The van der Waals surface area contributed by atoms with Crippen molar-refractivity contribution in [2.75, 3.05) is 11.5 Å². The van der Waals surface area contributed by atoms with E-state index in [4.69, 9.17) is 4.74 Å². The molecule has 1 saturated carbocycles. The lowest BCUT2D eigenvalue weighted by Gasteiger charge is -2.41. The van der Waals surface area contributed by atoms with Gasteiger partial charge in [-0.15, -0.1) is 0 Å². The van der Waals surface area contributed by atoms with E-state index >= 15 is 0 Å². The summed E-state index contributed by atoms with van der Waals surface area (Å²) in [5.74, 6) is -1.63. The van der Waals surface area contributed by atoms with Crippen molar-refractivity contribution in [3.05, 3.63) is 47.5 Å². The standard InChI is InChI=1S/C19H20F3NO5S/c1-12(17(25)23-15-10-29(26,27)11-15)9-16(24)28-18(7-2-8-18)13-3-5-14(6-4-13)19(20,21)22/h3-6,15H,1-2,7-11H2,(H,23,25). The molecule has 1 aliphatic heterocycles. The average molecular weight is 431 g/mol. The van der Waals surface area contributed by atoms with Gasteiger partial charge in [0.1, 0.15) is 5.60 Å². The first-order valence-electron chi connectivity index (χ1n) is 8.99. The molecule has 29 heavy (non-hydrogen) atoms. The van der Waals surface area contributed by atoms with Crippen LogP contribution in [0, 0.1) is 0 Å². The number of rotatable bonds is 6. The number of nitrogens with one attached hydrogen (secondary N) is 1. The van der Waals surface area contributed by atoms with Crippen LogP contribution in [0.1, 0.15) is 36.8 Å². The molecule has 1 aliphatic carbocycles. The lowest BCUT2D eigenvalue weighted by Crippen LogP contribution is -2.53. The van der Waals surface area contributed by atoms with E-state index in [1.807, 2.05) is 0 Å². The number of carbonyl (C=O) groups is 2. The Morgan fingerprint density at radius 3 is 2.21 bits per heavy atom. The highest BCUT2D eigenvalue weighted by atomic mass is 32.2. The molecular formula is C19H20F3NO5S. The van der Waals surface area contributed by atoms with Crippen molar-refractivity contribution in [1.29, 1.82) is 0 Å². The number of hydrogen-bond donors (Lipinski definition) is 1. The van der Waals surface area contributed by atoms with Gasteiger partial charge in [0.25, 0.3) is 0 Å². The van der Waals surface area contributed by atoms with Gasteiger partial charge in [0.15, 0.2) is 9.84 Å². The Labute approximate surface area is 166 Å². The number of sulfone groups is 1. The highest BCUT2D eigenvalue weighted by Gasteiger charge is 2.43. The van der Waals surface area contributed by atoms with Crippen molar-refractivity contribution >= 4 is 21.7 Å². The first-order valence-corrected chi connectivity index (χ1v) is 10.8. The molecule has 0 radical (unpaired) electrons. The molecule has 0 spiro atoms. The van der Waals surface area contributed by atoms with Crippen molar-refractivity contribution in [3.63, 3.8) is 0 Å². The van der Waals surface area contributed by atoms with Gasteiger partial charge in [0.2, 0.25) is 5.91 Å². The summed E-state index contributed by atoms with van der Waals surface area (Å²) in [6.07, 6.45) is -3.14. The zero-order valence-electron chi connectivity index (χ0n) is 15.4. The molecule has 6 nitrogen and oxygen atoms in total. The molecule has 2 aliphatic rings. The summed E-state index contributed by atoms with van der Waals surface area (Å²) >= 11 is 0. The third-order valence-corrected chi connectivity index (χ3v) is 6.95. The molecule has 158 valence electrons. The zero-order chi connectivity index (χ0) is 21.4. The fourth-order valence-corrected chi connectivity index (χ4v) is 4.65. The Morgan fingerprint density at radius 2 is 1.76 bits per heavy atom. The van der Waals surface area contributed by atoms with Gasteiger partial charge in [-0.1, -0.05) is 18.7 Å². The third kappa shape index (κ3) is 4.80. The van der Waals surface area contributed by atoms with Gasteiger partial charge in [-0.3, -0.25) is 9.59 Å². The Kier molecular flexibility index (Phi) is 5.50. The number of amides is 1. The van der Waals surface area contributed by atoms with E-state index in [-0.39, 0.29) is 17.1 Å². The van der Waals surface area contributed by atoms with Crippen LogP contribution in [0.3, 0.4) is 0 Å². The molecule has 1 heterocycles. The van der Waals surface area contributed by atoms with Crippen LogP contribution in [0.15, 0.2) is 36.4 Å². The highest BCUT2D eigenvalue weighted by Crippen LogP contribution is 2.45. The Balaban J connectivity index is 1.58. The number of alkyl halides is 3. The van der Waals surface area contributed by atoms with Gasteiger partial charge in [-0.05, 0) is 37.0 Å². The summed E-state index contributed by atoms with van der Waals surface area (Å²) in [5, 5.41) is 2.49. The van der Waals surface area contributed by atoms with Crippen molar-refractivity contribution in [3.8, 4) is 0 Å². The van der Waals surface area contributed by atoms with Crippen LogP contribution in [0.4, 0.5) is 13.2 Å². The summed E-state index contributed by atoms with van der Waals surface area (Å²) in [7, 11) is -3.09. The van der Waals surface area contributed by atoms with Crippen molar-refractivity contribution < 1.29 is 35.9 Å². The predicted molar refractivity (Wildman–Crippen MR) is 97.4 cm³/mol. The largest absolute Gasteiger partial charge is 0.454 e. The second-order valence-corrected chi connectivity index (χ2v) is 9.58. The SMILES string of the molecule is C=C(CC(=O)OC1(c2ccc(C(F)(F)F)cc2)CCC1)C(=O)NC1CS(=O)(=O)C1. The van der Waals surface area contributed by atoms with E-state index in [0.29, 0.717) is 18.4 Å². The minimum absolute atomic E-state index is 0.0683. The number of esters is 1. The number of ether oxygens (including phenoxy) is 1. The summed E-state index contributed by atoms with van der Waals surface area (Å²) in [4.78, 5) is 24.3. The second-order valence-electron chi connectivity index (χ2n) is 7.42. The molecule has 1 saturated heterocycles. The summed E-state index contributed by atoms with van der Waals surface area (Å²) in [5.41, 5.74) is -1.38. The summed E-state index contributed by atoms with van der Waals surface area (Å²) in [6, 6.07) is 4.00. The van der Waals surface area contributed by atoms with Crippen LogP contribution in [-0.4, -0.2) is 37.8 Å². The fourth-order valence-electron chi connectivity index (χ4n) is 3.35. The monoisotopic (exact) mass is 431 g/mol. The number of hydrogen-bond acceptors (Lipinski definition) is 5. The van der Waals surface area contributed by atoms with Crippen LogP contribution in [0.2, 0.25) is 0 Å². The second kappa shape index (κ2) is 7.47. The quantitative estimate of drug-likeness (QED) is 0.552. The molecule has 3 rings (SSSR count). The first kappa shape index (κ1) is 21.4. The maximum Gasteiger partial charge on any atom is 0.416 e. The smallest absolute Gasteiger partial charge is 0.416 e. The third-order valence-electron chi connectivity index (χ3n) is 5.13. The lowest BCUT2D eigenvalue weighted by molar-refractivity contribution is -0.171. The maximum atomic E-state index is 12.7. The molecule has 0 unspecified atom stereocenters. The topological polar surface area (TPSA) is 89.5 Å². The van der Waals surface area contributed by atoms with E-state index < -0.39 is 51.5 Å². The van der Waals surface area contributed by atoms with Crippen molar-refractivity contribution in [1.82, 2.24) is 5.32 Å². The van der Waals surface area contributed by atoms with Crippen molar-refractivity contribution in [2.24, 2.45) is 0 Å². The first-order chi connectivity index (χ1) is 13.4. The highest BCUT2D eigenvalue weighted by molar-refractivity contribution is 7.92. The molecule has 0 atom stereocenters. The molecule has 0 aromatic heterocycles. The minimum Gasteiger partial charge on any atom is -0.454 e. The molecule has 1 amide bonds. The van der Waals surface area contributed by atoms with E-state index in [1.54, 1.807) is 0 Å². The molecule has 1 aromatic carbocycles. The zero-order valence-corrected chi connectivity index (χ0v) is 16.2. The van der Waals surface area contributed by atoms with Crippen LogP contribution in [-0.2, 0) is 35.9 Å². The number of benzene rings is 1. The van der Waals surface area contributed by atoms with Crippen molar-refractivity contribution in [2.45, 2.75) is 43.5 Å². The maximum absolute atomic E-state index is 12.7. The van der Waals surface area contributed by atoms with Gasteiger partial charge < -0.3 is 10.1 Å². The van der Waals surface area contributed by atoms with Crippen LogP contribution in [0.25, 0.3) is 0 Å². The number of carbonyl (C=O) groups excluding carboxylic acids is 2. The van der Waals surface area contributed by atoms with Gasteiger partial charge >= 0.3 is 12.1 Å². The van der Waals surface area contributed by atoms with Gasteiger partial charge in [-0.2, -0.15) is 13.2 Å². The summed E-state index contributed by atoms with van der Waals surface area (Å²) < 4.78 is 66.0. The Morgan fingerprint density at radius 1 is 1.17 bits per heavy atom. The molecule has 1 aromatic rings. The van der Waals surface area contributed by atoms with Gasteiger partial charge in [0.05, 0.1) is 29.5 Å². The molecule has 1 N–H and O–H groups in total. The predicted octanol–water partition coefficient (Wildman–Crippen LogP) is 2.49. The van der Waals surface area contributed by atoms with E-state index in [2.05, 4.69) is 11.9 Å². The molecular weight excluding hydrogens is 411 g/mol. The van der Waals surface area contributed by atoms with E-state index in [1.165, 1.54) is 12.1 Å². The lowest BCUT2D eigenvalue weighted by atomic mass is 9.74. The fraction of sp³-hybridized carbons (Fsp3) is 0.474. The Hall–Kier alpha value is -2.36. The van der Waals surface area contributed by atoms with Crippen LogP contribution in [0.5, 0.6) is 0 Å². The van der Waals surface area contributed by atoms with Gasteiger partial charge in [0, 0.05) is 5.57 Å². The normalized spacial score (nSPS) is 20.1. The van der Waals surface area contributed by atoms with Crippen LogP contribution >= 0.6 is 0 Å². The van der Waals surface area contributed by atoms with E-state index in [0.717, 1.165) is 18.6 Å².